The topological polar surface area (TPSA) is 76.3 Å². The van der Waals surface area contributed by atoms with Crippen LogP contribution >= 0.6 is 0 Å². The van der Waals surface area contributed by atoms with Crippen LogP contribution in [-0.4, -0.2) is 36.8 Å². The summed E-state index contributed by atoms with van der Waals surface area (Å²) < 4.78 is 26.5. The second-order valence-electron chi connectivity index (χ2n) is 4.67. The number of rotatable bonds is 3. The molecule has 0 radical (unpaired) electrons. The van der Waals surface area contributed by atoms with Crippen LogP contribution in [0.5, 0.6) is 0 Å². The highest BCUT2D eigenvalue weighted by atomic mass is 32.2. The van der Waals surface area contributed by atoms with Crippen molar-refractivity contribution in [2.24, 2.45) is 5.73 Å². The van der Waals surface area contributed by atoms with Crippen LogP contribution in [-0.2, 0) is 10.0 Å². The summed E-state index contributed by atoms with van der Waals surface area (Å²) in [5, 5.41) is 0.119. The fraction of sp³-hybridized carbons (Fsp3) is 0.583. The minimum absolute atomic E-state index is 0.0909. The molecule has 0 spiro atoms. The number of piperidine rings is 1. The molecular weight excluding hydrogens is 250 g/mol. The Kier molecular flexibility index (Phi) is 3.99. The normalized spacial score (nSPS) is 22.0. The molecule has 1 atom stereocenters. The van der Waals surface area contributed by atoms with E-state index in [0.29, 0.717) is 13.1 Å². The molecule has 0 unspecified atom stereocenters. The second-order valence-corrected chi connectivity index (χ2v) is 6.51. The van der Waals surface area contributed by atoms with Crippen molar-refractivity contribution in [3.05, 3.63) is 23.9 Å². The molecule has 0 amide bonds. The highest BCUT2D eigenvalue weighted by Gasteiger charge is 2.33. The Morgan fingerprint density at radius 2 is 2.22 bits per heavy atom. The van der Waals surface area contributed by atoms with Crippen LogP contribution in [0.4, 0.5) is 0 Å². The first kappa shape index (κ1) is 13.5. The molecule has 5 nitrogen and oxygen atoms in total. The number of pyridine rings is 1. The third-order valence-electron chi connectivity index (χ3n) is 3.30. The number of sulfonamides is 1. The van der Waals surface area contributed by atoms with Crippen molar-refractivity contribution in [2.75, 3.05) is 13.1 Å². The molecule has 1 fully saturated rings. The van der Waals surface area contributed by atoms with Crippen LogP contribution in [0.2, 0.25) is 0 Å². The highest BCUT2D eigenvalue weighted by Crippen LogP contribution is 2.23. The molecule has 0 aliphatic carbocycles. The molecular formula is C12H19N3O2S. The minimum atomic E-state index is -3.50. The van der Waals surface area contributed by atoms with E-state index in [1.54, 1.807) is 18.3 Å². The molecule has 1 aromatic rings. The van der Waals surface area contributed by atoms with Gasteiger partial charge in [-0.1, -0.05) is 12.5 Å². The van der Waals surface area contributed by atoms with Gasteiger partial charge in [-0.25, -0.2) is 13.4 Å². The largest absolute Gasteiger partial charge is 0.329 e. The minimum Gasteiger partial charge on any atom is -0.329 e. The Labute approximate surface area is 108 Å². The summed E-state index contributed by atoms with van der Waals surface area (Å²) in [6, 6.07) is 3.24. The van der Waals surface area contributed by atoms with Gasteiger partial charge >= 0.3 is 0 Å². The molecule has 1 aliphatic rings. The average Bonchev–Trinajstić information content (AvgIpc) is 2.39. The molecule has 6 heteroatoms. The fourth-order valence-electron chi connectivity index (χ4n) is 2.25. The van der Waals surface area contributed by atoms with Gasteiger partial charge in [0.05, 0.1) is 0 Å². The Bertz CT molecular complexity index is 499. The van der Waals surface area contributed by atoms with Gasteiger partial charge in [0.25, 0.3) is 10.0 Å². The summed E-state index contributed by atoms with van der Waals surface area (Å²) in [6.07, 6.45) is 4.34. The number of aromatic nitrogens is 1. The van der Waals surface area contributed by atoms with Crippen molar-refractivity contribution in [3.8, 4) is 0 Å². The molecule has 2 heterocycles. The van der Waals surface area contributed by atoms with Crippen LogP contribution in [0, 0.1) is 6.92 Å². The Hall–Kier alpha value is -0.980. The lowest BCUT2D eigenvalue weighted by molar-refractivity contribution is 0.257. The van der Waals surface area contributed by atoms with E-state index < -0.39 is 10.0 Å². The second kappa shape index (κ2) is 5.34. The van der Waals surface area contributed by atoms with E-state index in [1.807, 2.05) is 6.92 Å². The zero-order valence-corrected chi connectivity index (χ0v) is 11.4. The van der Waals surface area contributed by atoms with Crippen molar-refractivity contribution in [1.82, 2.24) is 9.29 Å². The zero-order chi connectivity index (χ0) is 13.2. The van der Waals surface area contributed by atoms with Gasteiger partial charge in [0.15, 0.2) is 5.03 Å². The predicted octanol–water partition coefficient (Wildman–Crippen LogP) is 0.892. The number of nitrogens with two attached hydrogens (primary N) is 1. The standard InChI is InChI=1S/C12H19N3O2S/c1-10-5-6-12(14-9-10)18(16,17)15-7-3-2-4-11(15)8-13/h5-6,9,11H,2-4,7-8,13H2,1H3/t11-/m1/s1. The third-order valence-corrected chi connectivity index (χ3v) is 5.17. The lowest BCUT2D eigenvalue weighted by atomic mass is 10.1. The number of aryl methyl sites for hydroxylation is 1. The average molecular weight is 269 g/mol. The predicted molar refractivity (Wildman–Crippen MR) is 69.6 cm³/mol. The molecule has 2 N–H and O–H groups in total. The van der Waals surface area contributed by atoms with Crippen molar-refractivity contribution in [3.63, 3.8) is 0 Å². The molecule has 0 aromatic carbocycles. The number of hydrogen-bond acceptors (Lipinski definition) is 4. The quantitative estimate of drug-likeness (QED) is 0.884. The van der Waals surface area contributed by atoms with E-state index >= 15 is 0 Å². The maximum Gasteiger partial charge on any atom is 0.260 e. The van der Waals surface area contributed by atoms with Crippen LogP contribution in [0.3, 0.4) is 0 Å². The van der Waals surface area contributed by atoms with Crippen molar-refractivity contribution in [1.29, 1.82) is 0 Å². The maximum atomic E-state index is 12.5. The third kappa shape index (κ3) is 2.55. The number of hydrogen-bond donors (Lipinski definition) is 1. The summed E-state index contributed by atoms with van der Waals surface area (Å²) in [5.41, 5.74) is 6.61. The Morgan fingerprint density at radius 3 is 2.83 bits per heavy atom. The summed E-state index contributed by atoms with van der Waals surface area (Å²) >= 11 is 0. The Morgan fingerprint density at radius 1 is 1.44 bits per heavy atom. The van der Waals surface area contributed by atoms with Crippen LogP contribution in [0.25, 0.3) is 0 Å². The molecule has 1 saturated heterocycles. The van der Waals surface area contributed by atoms with E-state index in [9.17, 15) is 8.42 Å². The number of nitrogens with zero attached hydrogens (tertiary/aromatic N) is 2. The Balaban J connectivity index is 2.32. The van der Waals surface area contributed by atoms with Crippen molar-refractivity contribution < 1.29 is 8.42 Å². The first-order valence-corrected chi connectivity index (χ1v) is 7.64. The molecule has 100 valence electrons. The maximum absolute atomic E-state index is 12.5. The van der Waals surface area contributed by atoms with Gasteiger partial charge < -0.3 is 5.73 Å². The van der Waals surface area contributed by atoms with Crippen LogP contribution in [0.15, 0.2) is 23.4 Å². The monoisotopic (exact) mass is 269 g/mol. The summed E-state index contributed by atoms with van der Waals surface area (Å²) in [5.74, 6) is 0. The molecule has 1 aromatic heterocycles. The van der Waals surface area contributed by atoms with Crippen molar-refractivity contribution >= 4 is 10.0 Å². The summed E-state index contributed by atoms with van der Waals surface area (Å²) in [7, 11) is -3.50. The van der Waals surface area contributed by atoms with Crippen LogP contribution < -0.4 is 5.73 Å². The van der Waals surface area contributed by atoms with E-state index in [4.69, 9.17) is 5.73 Å². The van der Waals surface area contributed by atoms with E-state index in [0.717, 1.165) is 24.8 Å². The van der Waals surface area contributed by atoms with E-state index in [-0.39, 0.29) is 11.1 Å². The van der Waals surface area contributed by atoms with E-state index in [2.05, 4.69) is 4.98 Å². The van der Waals surface area contributed by atoms with Gasteiger partial charge in [0, 0.05) is 25.3 Å². The summed E-state index contributed by atoms with van der Waals surface area (Å²) in [6.45, 7) is 2.79. The smallest absolute Gasteiger partial charge is 0.260 e. The fourth-order valence-corrected chi connectivity index (χ4v) is 3.87. The van der Waals surface area contributed by atoms with Crippen molar-refractivity contribution in [2.45, 2.75) is 37.3 Å². The summed E-state index contributed by atoms with van der Waals surface area (Å²) in [4.78, 5) is 4.02. The lowest BCUT2D eigenvalue weighted by Crippen LogP contribution is -2.47. The highest BCUT2D eigenvalue weighted by molar-refractivity contribution is 7.89. The van der Waals surface area contributed by atoms with Gasteiger partial charge in [0.2, 0.25) is 0 Å². The van der Waals surface area contributed by atoms with Gasteiger partial charge in [-0.2, -0.15) is 4.31 Å². The molecule has 0 bridgehead atoms. The SMILES string of the molecule is Cc1ccc(S(=O)(=O)N2CCCC[C@@H]2CN)nc1. The lowest BCUT2D eigenvalue weighted by Gasteiger charge is -2.33. The van der Waals surface area contributed by atoms with Gasteiger partial charge in [0.1, 0.15) is 0 Å². The van der Waals surface area contributed by atoms with Gasteiger partial charge in [-0.05, 0) is 31.4 Å². The van der Waals surface area contributed by atoms with Crippen LogP contribution in [0.1, 0.15) is 24.8 Å². The molecule has 0 saturated carbocycles. The zero-order valence-electron chi connectivity index (χ0n) is 10.5. The first-order valence-electron chi connectivity index (χ1n) is 6.20. The van der Waals surface area contributed by atoms with Gasteiger partial charge in [-0.15, -0.1) is 0 Å². The first-order chi connectivity index (χ1) is 8.55. The van der Waals surface area contributed by atoms with Gasteiger partial charge in [-0.3, -0.25) is 0 Å². The molecule has 18 heavy (non-hydrogen) atoms. The molecule has 2 rings (SSSR count). The van der Waals surface area contributed by atoms with E-state index in [1.165, 1.54) is 4.31 Å². The molecule has 1 aliphatic heterocycles.